The summed E-state index contributed by atoms with van der Waals surface area (Å²) in [6.07, 6.45) is 0.788. The molecule has 3 rings (SSSR count). The third kappa shape index (κ3) is 3.35. The van der Waals surface area contributed by atoms with E-state index in [2.05, 4.69) is 30.7 Å². The van der Waals surface area contributed by atoms with Gasteiger partial charge in [-0.05, 0) is 19.1 Å². The van der Waals surface area contributed by atoms with Crippen molar-refractivity contribution in [3.63, 3.8) is 0 Å². The standard InChI is InChI=1S/C15H16N6O3/c1-9-6-10-4-3-5-11(14(10)16-9)17-13(22)8-21-7-12(19-20-21)18-15(23)24-2/h3-7,16H,8H2,1-2H3,(H,17,22)(H,18,23). The van der Waals surface area contributed by atoms with Gasteiger partial charge in [0.05, 0.1) is 24.5 Å². The van der Waals surface area contributed by atoms with Crippen LogP contribution < -0.4 is 10.6 Å². The van der Waals surface area contributed by atoms with E-state index in [0.29, 0.717) is 5.69 Å². The van der Waals surface area contributed by atoms with Crippen LogP contribution in [0.5, 0.6) is 0 Å². The third-order valence-corrected chi connectivity index (χ3v) is 3.32. The number of nitrogens with zero attached hydrogens (tertiary/aromatic N) is 3. The lowest BCUT2D eigenvalue weighted by atomic mass is 10.2. The second-order valence-corrected chi connectivity index (χ2v) is 5.19. The zero-order valence-corrected chi connectivity index (χ0v) is 13.2. The van der Waals surface area contributed by atoms with E-state index in [1.165, 1.54) is 18.0 Å². The number of methoxy groups -OCH3 is 1. The average molecular weight is 328 g/mol. The largest absolute Gasteiger partial charge is 0.453 e. The van der Waals surface area contributed by atoms with E-state index in [4.69, 9.17) is 0 Å². The minimum absolute atomic E-state index is 0.0358. The molecule has 0 aliphatic carbocycles. The zero-order chi connectivity index (χ0) is 17.1. The molecule has 0 bridgehead atoms. The quantitative estimate of drug-likeness (QED) is 0.676. The Kier molecular flexibility index (Phi) is 4.15. The van der Waals surface area contributed by atoms with Crippen LogP contribution in [-0.4, -0.2) is 39.1 Å². The van der Waals surface area contributed by atoms with Crippen molar-refractivity contribution in [2.45, 2.75) is 13.5 Å². The lowest BCUT2D eigenvalue weighted by Crippen LogP contribution is -2.19. The second-order valence-electron chi connectivity index (χ2n) is 5.19. The Morgan fingerprint density at radius 1 is 1.33 bits per heavy atom. The molecule has 3 aromatic rings. The summed E-state index contributed by atoms with van der Waals surface area (Å²) in [4.78, 5) is 26.5. The van der Waals surface area contributed by atoms with E-state index < -0.39 is 6.09 Å². The summed E-state index contributed by atoms with van der Waals surface area (Å²) in [6, 6.07) is 7.67. The molecule has 0 saturated carbocycles. The summed E-state index contributed by atoms with van der Waals surface area (Å²) in [5.41, 5.74) is 2.58. The first-order valence-electron chi connectivity index (χ1n) is 7.18. The molecule has 2 aromatic heterocycles. The minimum atomic E-state index is -0.653. The van der Waals surface area contributed by atoms with Crippen molar-refractivity contribution in [3.05, 3.63) is 36.2 Å². The van der Waals surface area contributed by atoms with Gasteiger partial charge in [0.1, 0.15) is 6.54 Å². The number of fused-ring (bicyclic) bond motifs is 1. The van der Waals surface area contributed by atoms with Crippen molar-refractivity contribution >= 4 is 34.4 Å². The molecule has 9 heteroatoms. The third-order valence-electron chi connectivity index (χ3n) is 3.32. The van der Waals surface area contributed by atoms with Gasteiger partial charge in [-0.1, -0.05) is 17.3 Å². The van der Waals surface area contributed by atoms with Gasteiger partial charge in [-0.2, -0.15) is 0 Å². The predicted octanol–water partition coefficient (Wildman–Crippen LogP) is 1.88. The number of carbonyl (C=O) groups is 2. The lowest BCUT2D eigenvalue weighted by Gasteiger charge is -2.06. The van der Waals surface area contributed by atoms with Crippen molar-refractivity contribution in [1.29, 1.82) is 0 Å². The number of nitrogens with one attached hydrogen (secondary N) is 3. The number of aromatic amines is 1. The number of hydrogen-bond donors (Lipinski definition) is 3. The average Bonchev–Trinajstić information content (AvgIpc) is 3.13. The molecular formula is C15H16N6O3. The SMILES string of the molecule is COC(=O)Nc1cn(CC(=O)Nc2cccc3cc(C)[nH]c23)nn1. The van der Waals surface area contributed by atoms with Crippen LogP contribution in [0.3, 0.4) is 0 Å². The summed E-state index contributed by atoms with van der Waals surface area (Å²) >= 11 is 0. The zero-order valence-electron chi connectivity index (χ0n) is 13.2. The van der Waals surface area contributed by atoms with Crippen molar-refractivity contribution in [1.82, 2.24) is 20.0 Å². The van der Waals surface area contributed by atoms with E-state index in [-0.39, 0.29) is 18.3 Å². The highest BCUT2D eigenvalue weighted by atomic mass is 16.5. The van der Waals surface area contributed by atoms with Crippen LogP contribution in [-0.2, 0) is 16.1 Å². The normalized spacial score (nSPS) is 10.6. The van der Waals surface area contributed by atoms with Gasteiger partial charge in [0, 0.05) is 11.1 Å². The number of hydrogen-bond acceptors (Lipinski definition) is 5. The van der Waals surface area contributed by atoms with Gasteiger partial charge in [-0.3, -0.25) is 10.1 Å². The Balaban J connectivity index is 1.68. The highest BCUT2D eigenvalue weighted by molar-refractivity contribution is 6.00. The molecule has 0 saturated heterocycles. The number of carbonyl (C=O) groups excluding carboxylic acids is 2. The topological polar surface area (TPSA) is 114 Å². The molecule has 0 atom stereocenters. The molecule has 2 heterocycles. The predicted molar refractivity (Wildman–Crippen MR) is 87.7 cm³/mol. The smallest absolute Gasteiger partial charge is 0.412 e. The van der Waals surface area contributed by atoms with Crippen molar-refractivity contribution in [2.24, 2.45) is 0 Å². The first-order valence-corrected chi connectivity index (χ1v) is 7.18. The number of anilines is 2. The number of ether oxygens (including phenoxy) is 1. The first kappa shape index (κ1) is 15.5. The fourth-order valence-electron chi connectivity index (χ4n) is 2.33. The molecule has 2 amide bonds. The summed E-state index contributed by atoms with van der Waals surface area (Å²) < 4.78 is 5.78. The molecule has 0 aliphatic rings. The molecule has 0 fully saturated rings. The maximum absolute atomic E-state index is 12.2. The van der Waals surface area contributed by atoms with Crippen LogP contribution in [0.25, 0.3) is 10.9 Å². The molecular weight excluding hydrogens is 312 g/mol. The molecule has 0 spiro atoms. The number of aromatic nitrogens is 4. The number of benzene rings is 1. The minimum Gasteiger partial charge on any atom is -0.453 e. The molecule has 0 radical (unpaired) electrons. The van der Waals surface area contributed by atoms with E-state index in [0.717, 1.165) is 16.6 Å². The maximum atomic E-state index is 12.2. The first-order chi connectivity index (χ1) is 11.5. The number of aryl methyl sites for hydroxylation is 1. The van der Waals surface area contributed by atoms with Gasteiger partial charge >= 0.3 is 6.09 Å². The van der Waals surface area contributed by atoms with Crippen LogP contribution >= 0.6 is 0 Å². The molecule has 9 nitrogen and oxygen atoms in total. The Bertz CT molecular complexity index is 898. The molecule has 0 unspecified atom stereocenters. The van der Waals surface area contributed by atoms with Gasteiger partial charge in [0.2, 0.25) is 5.91 Å². The summed E-state index contributed by atoms with van der Waals surface area (Å²) in [7, 11) is 1.25. The monoisotopic (exact) mass is 328 g/mol. The van der Waals surface area contributed by atoms with Crippen molar-refractivity contribution in [2.75, 3.05) is 17.7 Å². The molecule has 3 N–H and O–H groups in total. The molecule has 1 aromatic carbocycles. The van der Waals surface area contributed by atoms with Gasteiger partial charge in [0.15, 0.2) is 5.82 Å². The van der Waals surface area contributed by atoms with Crippen LogP contribution in [0, 0.1) is 6.92 Å². The number of amides is 2. The van der Waals surface area contributed by atoms with Crippen LogP contribution in [0.1, 0.15) is 5.69 Å². The maximum Gasteiger partial charge on any atom is 0.412 e. The van der Waals surface area contributed by atoms with Gasteiger partial charge in [0.25, 0.3) is 0 Å². The van der Waals surface area contributed by atoms with Crippen LogP contribution in [0.2, 0.25) is 0 Å². The van der Waals surface area contributed by atoms with E-state index >= 15 is 0 Å². The van der Waals surface area contributed by atoms with Gasteiger partial charge < -0.3 is 15.0 Å². The number of H-pyrrole nitrogens is 1. The molecule has 0 aliphatic heterocycles. The van der Waals surface area contributed by atoms with Crippen molar-refractivity contribution in [3.8, 4) is 0 Å². The van der Waals surface area contributed by atoms with Gasteiger partial charge in [-0.15, -0.1) is 5.10 Å². The van der Waals surface area contributed by atoms with Crippen molar-refractivity contribution < 1.29 is 14.3 Å². The Morgan fingerprint density at radius 2 is 2.17 bits per heavy atom. The van der Waals surface area contributed by atoms with E-state index in [1.54, 1.807) is 0 Å². The Labute approximate surface area is 137 Å². The summed E-state index contributed by atoms with van der Waals surface area (Å²) in [5, 5.41) is 13.7. The van der Waals surface area contributed by atoms with Crippen LogP contribution in [0.15, 0.2) is 30.5 Å². The Hall–Kier alpha value is -3.36. The number of para-hydroxylation sites is 1. The highest BCUT2D eigenvalue weighted by Crippen LogP contribution is 2.23. The fraction of sp³-hybridized carbons (Fsp3) is 0.200. The van der Waals surface area contributed by atoms with E-state index in [9.17, 15) is 9.59 Å². The highest BCUT2D eigenvalue weighted by Gasteiger charge is 2.11. The van der Waals surface area contributed by atoms with Gasteiger partial charge in [-0.25, -0.2) is 9.48 Å². The summed E-state index contributed by atoms with van der Waals surface area (Å²) in [6.45, 7) is 1.92. The Morgan fingerprint density at radius 3 is 2.96 bits per heavy atom. The lowest BCUT2D eigenvalue weighted by molar-refractivity contribution is -0.116. The fourth-order valence-corrected chi connectivity index (χ4v) is 2.33. The molecule has 24 heavy (non-hydrogen) atoms. The number of rotatable bonds is 4. The molecule has 124 valence electrons. The van der Waals surface area contributed by atoms with Crippen LogP contribution in [0.4, 0.5) is 16.3 Å². The summed E-state index contributed by atoms with van der Waals surface area (Å²) in [5.74, 6) is -0.0546. The second kappa shape index (κ2) is 6.41. The van der Waals surface area contributed by atoms with E-state index in [1.807, 2.05) is 31.2 Å².